The molecule has 2 rings (SSSR count). The van der Waals surface area contributed by atoms with Gasteiger partial charge in [-0.05, 0) is 37.8 Å². The lowest BCUT2D eigenvalue weighted by molar-refractivity contribution is -0.131. The van der Waals surface area contributed by atoms with Gasteiger partial charge in [-0.3, -0.25) is 0 Å². The predicted molar refractivity (Wildman–Crippen MR) is 78.3 cm³/mol. The monoisotopic (exact) mass is 277 g/mol. The van der Waals surface area contributed by atoms with E-state index in [0.717, 1.165) is 25.5 Å². The van der Waals surface area contributed by atoms with Gasteiger partial charge in [0.25, 0.3) is 0 Å². The van der Waals surface area contributed by atoms with Crippen LogP contribution < -0.4 is 4.90 Å². The highest BCUT2D eigenvalue weighted by Crippen LogP contribution is 2.32. The summed E-state index contributed by atoms with van der Waals surface area (Å²) in [4.78, 5) is 12.7. The van der Waals surface area contributed by atoms with E-state index in [9.17, 15) is 9.18 Å². The molecule has 0 aromatic heterocycles. The first-order valence-corrected chi connectivity index (χ1v) is 6.95. The summed E-state index contributed by atoms with van der Waals surface area (Å²) < 4.78 is 14.2. The number of carboxylic acid groups (broad SMARTS) is 1. The van der Waals surface area contributed by atoms with Crippen molar-refractivity contribution in [3.05, 3.63) is 35.7 Å². The molecule has 0 bridgehead atoms. The van der Waals surface area contributed by atoms with Crippen LogP contribution in [0.15, 0.2) is 24.3 Å². The van der Waals surface area contributed by atoms with Gasteiger partial charge in [0, 0.05) is 24.2 Å². The van der Waals surface area contributed by atoms with E-state index in [1.807, 2.05) is 0 Å². The summed E-state index contributed by atoms with van der Waals surface area (Å²) in [7, 11) is 0. The number of benzene rings is 1. The molecule has 1 aromatic carbocycles. The molecule has 1 N–H and O–H groups in total. The molecule has 0 amide bonds. The van der Waals surface area contributed by atoms with Gasteiger partial charge in [0.05, 0.1) is 5.69 Å². The quantitative estimate of drug-likeness (QED) is 0.859. The third kappa shape index (κ3) is 3.18. The zero-order valence-corrected chi connectivity index (χ0v) is 11.8. The number of aliphatic carboxylic acids is 1. The van der Waals surface area contributed by atoms with Gasteiger partial charge in [0.1, 0.15) is 5.82 Å². The first kappa shape index (κ1) is 14.6. The van der Waals surface area contributed by atoms with Crippen molar-refractivity contribution in [2.24, 2.45) is 5.92 Å². The predicted octanol–water partition coefficient (Wildman–Crippen LogP) is 3.55. The lowest BCUT2D eigenvalue weighted by Gasteiger charge is -2.39. The number of para-hydroxylation sites is 1. The number of halogens is 1. The fourth-order valence-corrected chi connectivity index (χ4v) is 2.73. The topological polar surface area (TPSA) is 40.5 Å². The molecule has 0 saturated carbocycles. The Morgan fingerprint density at radius 3 is 2.85 bits per heavy atom. The number of piperidine rings is 1. The van der Waals surface area contributed by atoms with E-state index < -0.39 is 5.97 Å². The minimum atomic E-state index is -1.03. The maximum absolute atomic E-state index is 14.2. The van der Waals surface area contributed by atoms with Crippen molar-refractivity contribution in [2.45, 2.75) is 32.7 Å². The number of carbonyl (C=O) groups is 1. The van der Waals surface area contributed by atoms with E-state index >= 15 is 0 Å². The number of carboxylic acids is 1. The number of anilines is 1. The SMILES string of the molecule is CC1CCC(C)N(c2c(F)cccc2/C=C/C(=O)O)C1. The molecule has 108 valence electrons. The summed E-state index contributed by atoms with van der Waals surface area (Å²) in [6.07, 6.45) is 4.69. The molecule has 4 heteroatoms. The second kappa shape index (κ2) is 6.07. The van der Waals surface area contributed by atoms with Crippen molar-refractivity contribution in [1.82, 2.24) is 0 Å². The summed E-state index contributed by atoms with van der Waals surface area (Å²) >= 11 is 0. The molecule has 2 unspecified atom stereocenters. The Morgan fingerprint density at radius 2 is 2.15 bits per heavy atom. The fourth-order valence-electron chi connectivity index (χ4n) is 2.73. The number of hydrogen-bond donors (Lipinski definition) is 1. The molecular weight excluding hydrogens is 257 g/mol. The van der Waals surface area contributed by atoms with Crippen LogP contribution >= 0.6 is 0 Å². The fraction of sp³-hybridized carbons (Fsp3) is 0.438. The van der Waals surface area contributed by atoms with Gasteiger partial charge in [-0.25, -0.2) is 9.18 Å². The molecule has 1 fully saturated rings. The summed E-state index contributed by atoms with van der Waals surface area (Å²) in [6.45, 7) is 5.05. The molecule has 3 nitrogen and oxygen atoms in total. The van der Waals surface area contributed by atoms with Gasteiger partial charge in [-0.1, -0.05) is 19.1 Å². The van der Waals surface area contributed by atoms with Crippen molar-refractivity contribution < 1.29 is 14.3 Å². The standard InChI is InChI=1S/C16H20FNO2/c1-11-6-7-12(2)18(10-11)16-13(8-9-15(19)20)4-3-5-14(16)17/h3-5,8-9,11-12H,6-7,10H2,1-2H3,(H,19,20)/b9-8+. The summed E-state index contributed by atoms with van der Waals surface area (Å²) in [5.41, 5.74) is 1.14. The average Bonchev–Trinajstić information content (AvgIpc) is 2.39. The van der Waals surface area contributed by atoms with E-state index in [0.29, 0.717) is 17.2 Å². The van der Waals surface area contributed by atoms with E-state index in [1.165, 1.54) is 12.1 Å². The molecule has 20 heavy (non-hydrogen) atoms. The van der Waals surface area contributed by atoms with Gasteiger partial charge >= 0.3 is 5.97 Å². The second-order valence-electron chi connectivity index (χ2n) is 5.53. The Hall–Kier alpha value is -1.84. The highest BCUT2D eigenvalue weighted by molar-refractivity contribution is 5.87. The molecule has 1 aromatic rings. The van der Waals surface area contributed by atoms with Gasteiger partial charge in [-0.15, -0.1) is 0 Å². The molecule has 2 atom stereocenters. The normalized spacial score (nSPS) is 23.2. The van der Waals surface area contributed by atoms with Crippen LogP contribution in [0.4, 0.5) is 10.1 Å². The van der Waals surface area contributed by atoms with Crippen LogP contribution in [0.3, 0.4) is 0 Å². The molecule has 1 heterocycles. The highest BCUT2D eigenvalue weighted by Gasteiger charge is 2.26. The van der Waals surface area contributed by atoms with Crippen LogP contribution in [0.2, 0.25) is 0 Å². The van der Waals surface area contributed by atoms with Crippen molar-refractivity contribution in [3.63, 3.8) is 0 Å². The summed E-state index contributed by atoms with van der Waals surface area (Å²) in [5.74, 6) is -0.805. The molecular formula is C16H20FNO2. The maximum Gasteiger partial charge on any atom is 0.328 e. The van der Waals surface area contributed by atoms with Crippen LogP contribution in [0.1, 0.15) is 32.3 Å². The number of nitrogens with zero attached hydrogens (tertiary/aromatic N) is 1. The van der Waals surface area contributed by atoms with Crippen LogP contribution in [-0.2, 0) is 4.79 Å². The lowest BCUT2D eigenvalue weighted by atomic mass is 9.93. The lowest BCUT2D eigenvalue weighted by Crippen LogP contribution is -2.42. The average molecular weight is 277 g/mol. The minimum Gasteiger partial charge on any atom is -0.478 e. The van der Waals surface area contributed by atoms with E-state index in [1.54, 1.807) is 12.1 Å². The van der Waals surface area contributed by atoms with Gasteiger partial charge in [-0.2, -0.15) is 0 Å². The Morgan fingerprint density at radius 1 is 1.40 bits per heavy atom. The first-order chi connectivity index (χ1) is 9.49. The largest absolute Gasteiger partial charge is 0.478 e. The van der Waals surface area contributed by atoms with E-state index in [-0.39, 0.29) is 11.9 Å². The molecule has 1 aliphatic rings. The van der Waals surface area contributed by atoms with E-state index in [2.05, 4.69) is 18.7 Å². The molecule has 0 radical (unpaired) electrons. The van der Waals surface area contributed by atoms with Gasteiger partial charge in [0.15, 0.2) is 0 Å². The smallest absolute Gasteiger partial charge is 0.328 e. The van der Waals surface area contributed by atoms with Gasteiger partial charge < -0.3 is 10.0 Å². The zero-order chi connectivity index (χ0) is 14.7. The molecule has 0 spiro atoms. The molecule has 1 aliphatic heterocycles. The van der Waals surface area contributed by atoms with Crippen LogP contribution in [0.5, 0.6) is 0 Å². The van der Waals surface area contributed by atoms with Crippen molar-refractivity contribution in [3.8, 4) is 0 Å². The summed E-state index contributed by atoms with van der Waals surface area (Å²) in [5, 5.41) is 8.75. The van der Waals surface area contributed by atoms with Crippen LogP contribution in [0.25, 0.3) is 6.08 Å². The third-order valence-electron chi connectivity index (χ3n) is 3.83. The van der Waals surface area contributed by atoms with Gasteiger partial charge in [0.2, 0.25) is 0 Å². The Labute approximate surface area is 118 Å². The van der Waals surface area contributed by atoms with Crippen molar-refractivity contribution in [1.29, 1.82) is 0 Å². The zero-order valence-electron chi connectivity index (χ0n) is 11.8. The van der Waals surface area contributed by atoms with Crippen LogP contribution in [0, 0.1) is 11.7 Å². The summed E-state index contributed by atoms with van der Waals surface area (Å²) in [6, 6.07) is 5.06. The minimum absolute atomic E-state index is 0.264. The first-order valence-electron chi connectivity index (χ1n) is 6.95. The third-order valence-corrected chi connectivity index (χ3v) is 3.83. The molecule has 1 saturated heterocycles. The number of rotatable bonds is 3. The highest BCUT2D eigenvalue weighted by atomic mass is 19.1. The molecule has 0 aliphatic carbocycles. The maximum atomic E-state index is 14.2. The van der Waals surface area contributed by atoms with E-state index in [4.69, 9.17) is 5.11 Å². The van der Waals surface area contributed by atoms with Crippen molar-refractivity contribution in [2.75, 3.05) is 11.4 Å². The Kier molecular flexibility index (Phi) is 4.42. The number of hydrogen-bond acceptors (Lipinski definition) is 2. The Bertz CT molecular complexity index is 527. The van der Waals surface area contributed by atoms with Crippen LogP contribution in [-0.4, -0.2) is 23.7 Å². The second-order valence-corrected chi connectivity index (χ2v) is 5.53. The van der Waals surface area contributed by atoms with Crippen molar-refractivity contribution >= 4 is 17.7 Å². The Balaban J connectivity index is 2.40.